The van der Waals surface area contributed by atoms with Gasteiger partial charge >= 0.3 is 6.18 Å². The molecule has 1 aromatic heterocycles. The van der Waals surface area contributed by atoms with Crippen molar-refractivity contribution in [3.63, 3.8) is 0 Å². The van der Waals surface area contributed by atoms with Crippen LogP contribution in [0.25, 0.3) is 10.9 Å². The van der Waals surface area contributed by atoms with E-state index in [0.717, 1.165) is 44.4 Å². The summed E-state index contributed by atoms with van der Waals surface area (Å²) in [5, 5.41) is 0.254. The fourth-order valence-electron chi connectivity index (χ4n) is 5.07. The monoisotopic (exact) mass is 643 g/mol. The zero-order chi connectivity index (χ0) is 31.8. The van der Waals surface area contributed by atoms with Crippen LogP contribution in [0.5, 0.6) is 28.7 Å². The Morgan fingerprint density at radius 3 is 2.29 bits per heavy atom. The highest BCUT2D eigenvalue weighted by Gasteiger charge is 2.33. The second-order valence-electron chi connectivity index (χ2n) is 10.6. The number of carbonyl (C=O) groups is 1. The predicted molar refractivity (Wildman–Crippen MR) is 164 cm³/mol. The van der Waals surface area contributed by atoms with Crippen LogP contribution in [0.3, 0.4) is 0 Å². The normalized spacial score (nSPS) is 12.7. The van der Waals surface area contributed by atoms with E-state index >= 15 is 0 Å². The summed E-state index contributed by atoms with van der Waals surface area (Å²) in [4.78, 5) is 17.2. The minimum atomic E-state index is -4.59. The van der Waals surface area contributed by atoms with Crippen molar-refractivity contribution in [2.45, 2.75) is 44.7 Å². The standard InChI is InChI=1S/C34H33ClF3NO6/c1-41-14-4-2-3-5-15-42-30-21-28-31(33-32(30)43-16-17-44-33)29(12-13-39-28)45-25-9-6-22(7-10-25)18-24(40)19-23-8-11-27(35)26(20-23)34(36,37)38/h6-13,20-21H,2-5,14-19H2,1H3. The Labute approximate surface area is 264 Å². The van der Waals surface area contributed by atoms with Crippen LogP contribution < -0.4 is 18.9 Å². The van der Waals surface area contributed by atoms with Gasteiger partial charge in [-0.05, 0) is 60.7 Å². The lowest BCUT2D eigenvalue weighted by molar-refractivity contribution is -0.137. The Bertz CT molecular complexity index is 1630. The lowest BCUT2D eigenvalue weighted by Gasteiger charge is -2.23. The molecule has 0 saturated heterocycles. The molecule has 238 valence electrons. The first kappa shape index (κ1) is 32.4. The van der Waals surface area contributed by atoms with Gasteiger partial charge in [0.15, 0.2) is 11.5 Å². The van der Waals surface area contributed by atoms with Crippen LogP contribution in [0, 0.1) is 0 Å². The molecule has 0 atom stereocenters. The number of nitrogens with zero attached hydrogens (tertiary/aromatic N) is 1. The summed E-state index contributed by atoms with van der Waals surface area (Å²) in [5.74, 6) is 2.40. The molecule has 0 spiro atoms. The van der Waals surface area contributed by atoms with Gasteiger partial charge in [0.25, 0.3) is 0 Å². The Morgan fingerprint density at radius 1 is 0.867 bits per heavy atom. The molecule has 0 radical (unpaired) electrons. The Hall–Kier alpha value is -4.02. The number of fused-ring (bicyclic) bond motifs is 3. The third-order valence-electron chi connectivity index (χ3n) is 7.23. The van der Waals surface area contributed by atoms with Crippen molar-refractivity contribution in [1.29, 1.82) is 0 Å². The van der Waals surface area contributed by atoms with Gasteiger partial charge in [0.2, 0.25) is 5.75 Å². The van der Waals surface area contributed by atoms with Gasteiger partial charge in [-0.15, -0.1) is 0 Å². The molecule has 0 fully saturated rings. The molecule has 11 heteroatoms. The molecule has 4 aromatic rings. The SMILES string of the molecule is COCCCCCCOc1cc2nccc(Oc3ccc(CC(=O)Cc4ccc(Cl)c(C(F)(F)F)c4)cc3)c2c2c1OCCO2. The van der Waals surface area contributed by atoms with E-state index in [1.54, 1.807) is 43.6 Å². The van der Waals surface area contributed by atoms with Gasteiger partial charge in [0, 0.05) is 38.8 Å². The first-order chi connectivity index (χ1) is 21.7. The van der Waals surface area contributed by atoms with Gasteiger partial charge in [-0.3, -0.25) is 9.78 Å². The van der Waals surface area contributed by atoms with E-state index < -0.39 is 16.8 Å². The highest BCUT2D eigenvalue weighted by Crippen LogP contribution is 2.48. The summed E-state index contributed by atoms with van der Waals surface area (Å²) in [7, 11) is 1.70. The molecule has 0 aliphatic carbocycles. The molecular formula is C34H33ClF3NO6. The first-order valence-electron chi connectivity index (χ1n) is 14.7. The number of Topliss-reactive ketones (excluding diaryl/α,β-unsaturated/α-hetero) is 1. The molecule has 2 heterocycles. The Morgan fingerprint density at radius 2 is 1.56 bits per heavy atom. The van der Waals surface area contributed by atoms with Crippen molar-refractivity contribution < 1.29 is 41.7 Å². The average Bonchev–Trinajstić information content (AvgIpc) is 3.02. The third-order valence-corrected chi connectivity index (χ3v) is 7.56. The number of alkyl halides is 3. The highest BCUT2D eigenvalue weighted by atomic mass is 35.5. The summed E-state index contributed by atoms with van der Waals surface area (Å²) in [5.41, 5.74) is 0.629. The van der Waals surface area contributed by atoms with Crippen molar-refractivity contribution in [3.05, 3.63) is 82.5 Å². The molecule has 7 nitrogen and oxygen atoms in total. The maximum Gasteiger partial charge on any atom is 0.417 e. The number of hydrogen-bond donors (Lipinski definition) is 0. The number of benzene rings is 3. The van der Waals surface area contributed by atoms with Crippen LogP contribution in [0.1, 0.15) is 42.4 Å². The third kappa shape index (κ3) is 8.38. The molecule has 0 unspecified atom stereocenters. The van der Waals surface area contributed by atoms with E-state index in [9.17, 15) is 18.0 Å². The van der Waals surface area contributed by atoms with Crippen LogP contribution in [-0.4, -0.2) is 44.3 Å². The van der Waals surface area contributed by atoms with E-state index in [4.69, 9.17) is 35.3 Å². The maximum absolute atomic E-state index is 13.2. The number of ketones is 1. The fraction of sp³-hybridized carbons (Fsp3) is 0.353. The largest absolute Gasteiger partial charge is 0.489 e. The van der Waals surface area contributed by atoms with Crippen molar-refractivity contribution in [2.75, 3.05) is 33.5 Å². The Kier molecular flexibility index (Phi) is 10.7. The number of carbonyl (C=O) groups excluding carboxylic acids is 1. The molecular weight excluding hydrogens is 611 g/mol. The molecule has 3 aromatic carbocycles. The number of aromatic nitrogens is 1. The lowest BCUT2D eigenvalue weighted by atomic mass is 10.0. The van der Waals surface area contributed by atoms with Crippen LogP contribution in [0.2, 0.25) is 5.02 Å². The molecule has 0 saturated carbocycles. The van der Waals surface area contributed by atoms with E-state index in [1.165, 1.54) is 6.07 Å². The van der Waals surface area contributed by atoms with E-state index in [2.05, 4.69) is 4.98 Å². The number of methoxy groups -OCH3 is 1. The number of rotatable bonds is 14. The van der Waals surface area contributed by atoms with Crippen LogP contribution in [-0.2, 0) is 28.5 Å². The highest BCUT2D eigenvalue weighted by molar-refractivity contribution is 6.31. The fourth-order valence-corrected chi connectivity index (χ4v) is 5.29. The maximum atomic E-state index is 13.2. The number of hydrogen-bond acceptors (Lipinski definition) is 7. The minimum Gasteiger partial charge on any atom is -0.489 e. The molecule has 0 amide bonds. The molecule has 45 heavy (non-hydrogen) atoms. The summed E-state index contributed by atoms with van der Waals surface area (Å²) in [6.07, 6.45) is 0.978. The summed E-state index contributed by atoms with van der Waals surface area (Å²) in [6.45, 7) is 2.06. The topological polar surface area (TPSA) is 76.1 Å². The summed E-state index contributed by atoms with van der Waals surface area (Å²) >= 11 is 5.69. The van der Waals surface area contributed by atoms with E-state index in [0.29, 0.717) is 65.0 Å². The quantitative estimate of drug-likeness (QED) is 0.128. The van der Waals surface area contributed by atoms with Crippen molar-refractivity contribution >= 4 is 28.3 Å². The molecule has 0 bridgehead atoms. The smallest absolute Gasteiger partial charge is 0.417 e. The number of pyridine rings is 1. The zero-order valence-electron chi connectivity index (χ0n) is 24.8. The van der Waals surface area contributed by atoms with Gasteiger partial charge in [-0.1, -0.05) is 36.2 Å². The summed E-state index contributed by atoms with van der Waals surface area (Å²) < 4.78 is 68.9. The zero-order valence-corrected chi connectivity index (χ0v) is 25.5. The van der Waals surface area contributed by atoms with Crippen LogP contribution >= 0.6 is 11.6 Å². The van der Waals surface area contributed by atoms with Gasteiger partial charge in [0.05, 0.1) is 28.1 Å². The second kappa shape index (κ2) is 14.8. The number of ether oxygens (including phenoxy) is 5. The Balaban J connectivity index is 1.26. The van der Waals surface area contributed by atoms with Crippen molar-refractivity contribution in [1.82, 2.24) is 4.98 Å². The van der Waals surface area contributed by atoms with Gasteiger partial charge in [-0.25, -0.2) is 0 Å². The summed E-state index contributed by atoms with van der Waals surface area (Å²) in [6, 6.07) is 14.0. The molecule has 1 aliphatic rings. The first-order valence-corrected chi connectivity index (χ1v) is 15.1. The van der Waals surface area contributed by atoms with Gasteiger partial charge in [-0.2, -0.15) is 13.2 Å². The predicted octanol–water partition coefficient (Wildman–Crippen LogP) is 8.41. The minimum absolute atomic E-state index is 0.0526. The van der Waals surface area contributed by atoms with Crippen LogP contribution in [0.15, 0.2) is 60.8 Å². The van der Waals surface area contributed by atoms with Gasteiger partial charge < -0.3 is 23.7 Å². The van der Waals surface area contributed by atoms with Gasteiger partial charge in [0.1, 0.15) is 30.5 Å². The van der Waals surface area contributed by atoms with Crippen molar-refractivity contribution in [2.24, 2.45) is 0 Å². The van der Waals surface area contributed by atoms with Crippen molar-refractivity contribution in [3.8, 4) is 28.7 Å². The molecule has 5 rings (SSSR count). The average molecular weight is 644 g/mol. The molecule has 0 N–H and O–H groups in total. The lowest BCUT2D eigenvalue weighted by Crippen LogP contribution is -2.17. The molecule has 1 aliphatic heterocycles. The van der Waals surface area contributed by atoms with Crippen LogP contribution in [0.4, 0.5) is 13.2 Å². The number of unbranched alkanes of at least 4 members (excludes halogenated alkanes) is 3. The second-order valence-corrected chi connectivity index (χ2v) is 11.0. The van der Waals surface area contributed by atoms with E-state index in [-0.39, 0.29) is 24.2 Å². The number of halogens is 4. The van der Waals surface area contributed by atoms with E-state index in [1.807, 2.05) is 6.07 Å².